The van der Waals surface area contributed by atoms with Crippen molar-refractivity contribution in [2.45, 2.75) is 19.4 Å². The second kappa shape index (κ2) is 7.59. The summed E-state index contributed by atoms with van der Waals surface area (Å²) in [6.45, 7) is 0.230. The van der Waals surface area contributed by atoms with Gasteiger partial charge in [-0.2, -0.15) is 5.10 Å². The molecule has 1 aromatic heterocycles. The molecule has 4 rings (SSSR count). The van der Waals surface area contributed by atoms with Crippen LogP contribution in [0.3, 0.4) is 0 Å². The van der Waals surface area contributed by atoms with Gasteiger partial charge in [0, 0.05) is 0 Å². The fourth-order valence-electron chi connectivity index (χ4n) is 3.14. The molecule has 0 saturated carbocycles. The van der Waals surface area contributed by atoms with E-state index in [9.17, 15) is 14.4 Å². The summed E-state index contributed by atoms with van der Waals surface area (Å²) < 4.78 is 6.71. The Morgan fingerprint density at radius 3 is 2.52 bits per heavy atom. The van der Waals surface area contributed by atoms with Crippen molar-refractivity contribution in [2.24, 2.45) is 0 Å². The number of hydrogen-bond donors (Lipinski definition) is 2. The number of nitrogen functional groups attached to an aromatic ring is 1. The number of imide groups is 1. The Labute approximate surface area is 166 Å². The first-order chi connectivity index (χ1) is 14.0. The third kappa shape index (κ3) is 3.86. The number of carbonyl (C=O) groups excluding carboxylic acids is 3. The summed E-state index contributed by atoms with van der Waals surface area (Å²) in [6.07, 6.45) is 0.138. The number of hydrogen-bond acceptors (Lipinski definition) is 6. The summed E-state index contributed by atoms with van der Waals surface area (Å²) >= 11 is 0. The van der Waals surface area contributed by atoms with Gasteiger partial charge in [0.05, 0.1) is 24.2 Å². The Morgan fingerprint density at radius 2 is 1.79 bits per heavy atom. The highest BCUT2D eigenvalue weighted by atomic mass is 16.5. The minimum absolute atomic E-state index is 0.00358. The smallest absolute Gasteiger partial charge is 0.310 e. The van der Waals surface area contributed by atoms with Crippen LogP contribution >= 0.6 is 0 Å². The van der Waals surface area contributed by atoms with Gasteiger partial charge in [0.1, 0.15) is 18.0 Å². The zero-order chi connectivity index (χ0) is 20.4. The number of nitrogens with one attached hydrogen (secondary N) is 1. The molecular formula is C21H18N4O4. The van der Waals surface area contributed by atoms with Crippen molar-refractivity contribution in [3.05, 3.63) is 77.0 Å². The molecule has 146 valence electrons. The third-order valence-electron chi connectivity index (χ3n) is 4.57. The second-order valence-corrected chi connectivity index (χ2v) is 6.66. The molecule has 3 N–H and O–H groups in total. The van der Waals surface area contributed by atoms with Crippen molar-refractivity contribution in [3.8, 4) is 5.69 Å². The van der Waals surface area contributed by atoms with Crippen LogP contribution in [0.5, 0.6) is 0 Å². The molecule has 2 amide bonds. The maximum absolute atomic E-state index is 12.1. The fourth-order valence-corrected chi connectivity index (χ4v) is 3.14. The van der Waals surface area contributed by atoms with E-state index >= 15 is 0 Å². The van der Waals surface area contributed by atoms with E-state index in [1.165, 1.54) is 4.68 Å². The van der Waals surface area contributed by atoms with Crippen LogP contribution in [0, 0.1) is 0 Å². The number of nitrogens with two attached hydrogens (primary N) is 1. The fraction of sp³-hybridized carbons (Fsp3) is 0.143. The predicted molar refractivity (Wildman–Crippen MR) is 104 cm³/mol. The van der Waals surface area contributed by atoms with Gasteiger partial charge in [-0.3, -0.25) is 19.7 Å². The van der Waals surface area contributed by atoms with Crippen LogP contribution in [-0.4, -0.2) is 27.6 Å². The molecule has 0 fully saturated rings. The predicted octanol–water partition coefficient (Wildman–Crippen LogP) is 1.55. The molecule has 0 spiro atoms. The van der Waals surface area contributed by atoms with E-state index in [0.717, 1.165) is 11.1 Å². The SMILES string of the molecule is Nc1c2c(nn1-c1ccc(CC(=O)OCc3ccccc3)cc1)CC(=O)NC2=O. The number of esters is 1. The topological polar surface area (TPSA) is 116 Å². The van der Waals surface area contributed by atoms with E-state index in [4.69, 9.17) is 10.5 Å². The van der Waals surface area contributed by atoms with E-state index in [1.54, 1.807) is 24.3 Å². The molecule has 29 heavy (non-hydrogen) atoms. The quantitative estimate of drug-likeness (QED) is 0.504. The zero-order valence-electron chi connectivity index (χ0n) is 15.4. The summed E-state index contributed by atoms with van der Waals surface area (Å²) in [5.41, 5.74) is 8.96. The van der Waals surface area contributed by atoms with Crippen molar-refractivity contribution in [2.75, 3.05) is 5.73 Å². The first-order valence-electron chi connectivity index (χ1n) is 9.01. The lowest BCUT2D eigenvalue weighted by Crippen LogP contribution is -2.37. The highest BCUT2D eigenvalue weighted by Crippen LogP contribution is 2.24. The molecule has 0 atom stereocenters. The van der Waals surface area contributed by atoms with Crippen molar-refractivity contribution < 1.29 is 19.1 Å². The van der Waals surface area contributed by atoms with Gasteiger partial charge in [-0.1, -0.05) is 42.5 Å². The number of aromatic nitrogens is 2. The maximum atomic E-state index is 12.1. The molecule has 0 saturated heterocycles. The normalized spacial score (nSPS) is 13.0. The molecule has 1 aliphatic heterocycles. The number of rotatable bonds is 5. The van der Waals surface area contributed by atoms with Crippen LogP contribution in [0.2, 0.25) is 0 Å². The van der Waals surface area contributed by atoms with Gasteiger partial charge in [-0.25, -0.2) is 4.68 Å². The molecule has 0 aliphatic carbocycles. The van der Waals surface area contributed by atoms with Crippen LogP contribution in [0.25, 0.3) is 5.69 Å². The van der Waals surface area contributed by atoms with Crippen LogP contribution in [-0.2, 0) is 33.8 Å². The van der Waals surface area contributed by atoms with Gasteiger partial charge in [-0.15, -0.1) is 0 Å². The summed E-state index contributed by atoms with van der Waals surface area (Å²) in [5, 5.41) is 6.53. The molecule has 8 nitrogen and oxygen atoms in total. The van der Waals surface area contributed by atoms with Gasteiger partial charge in [0.2, 0.25) is 5.91 Å². The largest absolute Gasteiger partial charge is 0.461 e. The van der Waals surface area contributed by atoms with Crippen LogP contribution in [0.15, 0.2) is 54.6 Å². The molecule has 8 heteroatoms. The molecule has 2 aromatic carbocycles. The van der Waals surface area contributed by atoms with E-state index < -0.39 is 11.8 Å². The third-order valence-corrected chi connectivity index (χ3v) is 4.57. The summed E-state index contributed by atoms with van der Waals surface area (Å²) in [7, 11) is 0. The number of fused-ring (bicyclic) bond motifs is 1. The Kier molecular flexibility index (Phi) is 4.82. The number of benzene rings is 2. The van der Waals surface area contributed by atoms with Crippen LogP contribution < -0.4 is 11.1 Å². The Bertz CT molecular complexity index is 1090. The molecular weight excluding hydrogens is 372 g/mol. The van der Waals surface area contributed by atoms with Gasteiger partial charge in [0.25, 0.3) is 5.91 Å². The minimum Gasteiger partial charge on any atom is -0.461 e. The number of nitrogens with zero attached hydrogens (tertiary/aromatic N) is 2. The Hall–Kier alpha value is -3.94. The maximum Gasteiger partial charge on any atom is 0.310 e. The second-order valence-electron chi connectivity index (χ2n) is 6.66. The zero-order valence-corrected chi connectivity index (χ0v) is 15.4. The van der Waals surface area contributed by atoms with Crippen LogP contribution in [0.1, 0.15) is 27.2 Å². The average Bonchev–Trinajstić information content (AvgIpc) is 3.04. The van der Waals surface area contributed by atoms with Gasteiger partial charge in [0.15, 0.2) is 0 Å². The summed E-state index contributed by atoms with van der Waals surface area (Å²) in [6, 6.07) is 16.5. The molecule has 1 aliphatic rings. The lowest BCUT2D eigenvalue weighted by atomic mass is 10.1. The Morgan fingerprint density at radius 1 is 1.07 bits per heavy atom. The summed E-state index contributed by atoms with van der Waals surface area (Å²) in [4.78, 5) is 35.6. The lowest BCUT2D eigenvalue weighted by molar-refractivity contribution is -0.144. The average molecular weight is 390 g/mol. The van der Waals surface area contributed by atoms with Crippen molar-refractivity contribution >= 4 is 23.6 Å². The lowest BCUT2D eigenvalue weighted by Gasteiger charge is -2.09. The monoisotopic (exact) mass is 390 g/mol. The van der Waals surface area contributed by atoms with E-state index in [0.29, 0.717) is 11.4 Å². The van der Waals surface area contributed by atoms with Gasteiger partial charge >= 0.3 is 5.97 Å². The van der Waals surface area contributed by atoms with Gasteiger partial charge in [-0.05, 0) is 23.3 Å². The van der Waals surface area contributed by atoms with Crippen molar-refractivity contribution in [1.82, 2.24) is 15.1 Å². The molecule has 0 unspecified atom stereocenters. The van der Waals surface area contributed by atoms with E-state index in [2.05, 4.69) is 10.4 Å². The number of amides is 2. The number of carbonyl (C=O) groups is 3. The van der Waals surface area contributed by atoms with Crippen molar-refractivity contribution in [1.29, 1.82) is 0 Å². The van der Waals surface area contributed by atoms with Crippen molar-refractivity contribution in [3.63, 3.8) is 0 Å². The first-order valence-corrected chi connectivity index (χ1v) is 9.01. The minimum atomic E-state index is -0.544. The first kappa shape index (κ1) is 18.4. The molecule has 0 radical (unpaired) electrons. The van der Waals surface area contributed by atoms with E-state index in [1.807, 2.05) is 30.3 Å². The Balaban J connectivity index is 1.45. The number of ether oxygens (including phenoxy) is 1. The highest BCUT2D eigenvalue weighted by Gasteiger charge is 2.29. The molecule has 3 aromatic rings. The summed E-state index contributed by atoms with van der Waals surface area (Å²) in [5.74, 6) is -1.11. The standard InChI is InChI=1S/C21H18N4O4/c22-20-19-16(11-17(26)23-21(19)28)24-25(20)15-8-6-13(7-9-15)10-18(27)29-12-14-4-2-1-3-5-14/h1-9H,10-12,22H2,(H,23,26,28). The van der Waals surface area contributed by atoms with Gasteiger partial charge < -0.3 is 10.5 Å². The van der Waals surface area contributed by atoms with Crippen LogP contribution in [0.4, 0.5) is 5.82 Å². The molecule has 2 heterocycles. The van der Waals surface area contributed by atoms with E-state index in [-0.39, 0.29) is 36.8 Å². The highest BCUT2D eigenvalue weighted by molar-refractivity contribution is 6.11. The number of anilines is 1. The molecule has 0 bridgehead atoms.